The van der Waals surface area contributed by atoms with Crippen molar-refractivity contribution in [3.05, 3.63) is 53.0 Å². The predicted octanol–water partition coefficient (Wildman–Crippen LogP) is 2.41. The van der Waals surface area contributed by atoms with Crippen LogP contribution >= 0.6 is 11.3 Å². The lowest BCUT2D eigenvalue weighted by Crippen LogP contribution is -2.23. The van der Waals surface area contributed by atoms with Crippen molar-refractivity contribution in [1.82, 2.24) is 14.7 Å². The minimum absolute atomic E-state index is 0.0989. The molecule has 9 heteroatoms. The normalized spacial score (nSPS) is 13.1. The van der Waals surface area contributed by atoms with E-state index in [2.05, 4.69) is 14.7 Å². The maximum Gasteiger partial charge on any atom is 0.241 e. The molecule has 1 aliphatic rings. The maximum atomic E-state index is 12.4. The molecule has 1 N–H and O–H groups in total. The molecule has 4 rings (SSSR count). The Kier molecular flexibility index (Phi) is 4.12. The van der Waals surface area contributed by atoms with Crippen molar-refractivity contribution in [2.75, 3.05) is 6.79 Å². The topological polar surface area (TPSA) is 90.4 Å². The minimum Gasteiger partial charge on any atom is -0.454 e. The molecule has 2 aromatic heterocycles. The van der Waals surface area contributed by atoms with E-state index >= 15 is 0 Å². The minimum atomic E-state index is -3.67. The third kappa shape index (κ3) is 3.34. The summed E-state index contributed by atoms with van der Waals surface area (Å²) >= 11 is 1.38. The number of benzene rings is 1. The lowest BCUT2D eigenvalue weighted by molar-refractivity contribution is 0.174. The summed E-state index contributed by atoms with van der Waals surface area (Å²) in [7, 11) is -3.67. The number of ether oxygens (including phenoxy) is 2. The molecule has 0 radical (unpaired) electrons. The number of rotatable bonds is 5. The molecule has 128 valence electrons. The second-order valence-corrected chi connectivity index (χ2v) is 7.89. The number of nitrogens with zero attached hydrogens (tertiary/aromatic N) is 2. The average Bonchev–Trinajstić information content (AvgIpc) is 3.29. The summed E-state index contributed by atoms with van der Waals surface area (Å²) < 4.78 is 37.8. The molecule has 0 spiro atoms. The Hall–Kier alpha value is -2.49. The average molecular weight is 375 g/mol. The van der Waals surface area contributed by atoms with Gasteiger partial charge in [-0.2, -0.15) is 0 Å². The molecule has 0 unspecified atom stereocenters. The fraction of sp³-hybridized carbons (Fsp3) is 0.125. The molecule has 1 aromatic carbocycles. The second-order valence-electron chi connectivity index (χ2n) is 5.18. The van der Waals surface area contributed by atoms with Crippen LogP contribution in [0.2, 0.25) is 0 Å². The van der Waals surface area contributed by atoms with Crippen molar-refractivity contribution in [3.63, 3.8) is 0 Å². The van der Waals surface area contributed by atoms with E-state index in [1.54, 1.807) is 12.3 Å². The van der Waals surface area contributed by atoms with Crippen molar-refractivity contribution < 1.29 is 17.9 Å². The Morgan fingerprint density at radius 3 is 2.84 bits per heavy atom. The van der Waals surface area contributed by atoms with Crippen LogP contribution in [-0.4, -0.2) is 25.2 Å². The van der Waals surface area contributed by atoms with Crippen LogP contribution in [0.1, 0.15) is 5.01 Å². The van der Waals surface area contributed by atoms with Crippen LogP contribution in [0.5, 0.6) is 11.5 Å². The Labute approximate surface area is 148 Å². The van der Waals surface area contributed by atoms with E-state index in [-0.39, 0.29) is 18.2 Å². The van der Waals surface area contributed by atoms with Gasteiger partial charge in [-0.15, -0.1) is 11.3 Å². The van der Waals surface area contributed by atoms with Crippen molar-refractivity contribution >= 4 is 21.4 Å². The summed E-state index contributed by atoms with van der Waals surface area (Å²) in [5.41, 5.74) is 1.48. The maximum absolute atomic E-state index is 12.4. The molecule has 0 atom stereocenters. The van der Waals surface area contributed by atoms with Crippen LogP contribution in [0.3, 0.4) is 0 Å². The molecule has 0 fully saturated rings. The first kappa shape index (κ1) is 16.0. The van der Waals surface area contributed by atoms with Gasteiger partial charge in [-0.25, -0.2) is 18.1 Å². The number of pyridine rings is 1. The number of aromatic nitrogens is 2. The first-order valence-electron chi connectivity index (χ1n) is 7.37. The van der Waals surface area contributed by atoms with E-state index in [1.807, 2.05) is 23.6 Å². The zero-order chi connectivity index (χ0) is 17.3. The zero-order valence-electron chi connectivity index (χ0n) is 12.9. The van der Waals surface area contributed by atoms with Crippen molar-refractivity contribution in [2.45, 2.75) is 11.4 Å². The monoisotopic (exact) mass is 375 g/mol. The highest BCUT2D eigenvalue weighted by Gasteiger charge is 2.20. The van der Waals surface area contributed by atoms with Gasteiger partial charge in [0.15, 0.2) is 11.5 Å². The molecule has 0 saturated carbocycles. The molecule has 1 aliphatic heterocycles. The predicted molar refractivity (Wildman–Crippen MR) is 91.9 cm³/mol. The first-order valence-corrected chi connectivity index (χ1v) is 9.73. The summed E-state index contributed by atoms with van der Waals surface area (Å²) in [5.74, 6) is 0.966. The number of nitrogens with one attached hydrogen (secondary N) is 1. The van der Waals surface area contributed by atoms with Crippen LogP contribution in [0.25, 0.3) is 11.4 Å². The smallest absolute Gasteiger partial charge is 0.241 e. The molecule has 25 heavy (non-hydrogen) atoms. The fourth-order valence-corrected chi connectivity index (χ4v) is 4.13. The fourth-order valence-electron chi connectivity index (χ4n) is 2.31. The Balaban J connectivity index is 1.48. The molecule has 3 aromatic rings. The molecule has 0 aliphatic carbocycles. The van der Waals surface area contributed by atoms with Gasteiger partial charge >= 0.3 is 0 Å². The lowest BCUT2D eigenvalue weighted by Gasteiger charge is -2.06. The van der Waals surface area contributed by atoms with Gasteiger partial charge in [0.05, 0.1) is 22.8 Å². The van der Waals surface area contributed by atoms with Crippen LogP contribution in [0, 0.1) is 0 Å². The molecule has 0 bridgehead atoms. The van der Waals surface area contributed by atoms with E-state index in [0.29, 0.717) is 16.5 Å². The van der Waals surface area contributed by atoms with Gasteiger partial charge in [0.1, 0.15) is 5.01 Å². The van der Waals surface area contributed by atoms with Gasteiger partial charge in [0, 0.05) is 17.6 Å². The summed E-state index contributed by atoms with van der Waals surface area (Å²) in [4.78, 5) is 8.77. The van der Waals surface area contributed by atoms with Gasteiger partial charge in [-0.1, -0.05) is 6.07 Å². The number of sulfonamides is 1. The number of hydrogen-bond donors (Lipinski definition) is 1. The van der Waals surface area contributed by atoms with E-state index in [4.69, 9.17) is 9.47 Å². The van der Waals surface area contributed by atoms with Gasteiger partial charge in [0.25, 0.3) is 0 Å². The second kappa shape index (κ2) is 6.43. The summed E-state index contributed by atoms with van der Waals surface area (Å²) in [5, 5.41) is 2.51. The Bertz CT molecular complexity index is 1000. The van der Waals surface area contributed by atoms with Crippen molar-refractivity contribution in [2.24, 2.45) is 0 Å². The lowest BCUT2D eigenvalue weighted by atomic mass is 10.3. The summed E-state index contributed by atoms with van der Waals surface area (Å²) in [6.07, 6.45) is 1.69. The van der Waals surface area contributed by atoms with Crippen molar-refractivity contribution in [3.8, 4) is 22.9 Å². The Morgan fingerprint density at radius 1 is 1.12 bits per heavy atom. The SMILES string of the molecule is O=S(=O)(NCc1nc(-c2ccccn2)cs1)c1ccc2c(c1)OCO2. The highest BCUT2D eigenvalue weighted by atomic mass is 32.2. The molecule has 7 nitrogen and oxygen atoms in total. The standard InChI is InChI=1S/C16H13N3O4S2/c20-25(21,11-4-5-14-15(7-11)23-10-22-14)18-8-16-19-13(9-24-16)12-3-1-2-6-17-12/h1-7,9,18H,8,10H2. The van der Waals surface area contributed by atoms with E-state index < -0.39 is 10.0 Å². The summed E-state index contributed by atoms with van der Waals surface area (Å²) in [6.45, 7) is 0.204. The molecular formula is C16H13N3O4S2. The molecule has 0 saturated heterocycles. The quantitative estimate of drug-likeness (QED) is 0.736. The van der Waals surface area contributed by atoms with Gasteiger partial charge in [0.2, 0.25) is 16.8 Å². The first-order chi connectivity index (χ1) is 12.1. The molecular weight excluding hydrogens is 362 g/mol. The number of thiazole rings is 1. The van der Waals surface area contributed by atoms with Crippen molar-refractivity contribution in [1.29, 1.82) is 0 Å². The van der Waals surface area contributed by atoms with Crippen LogP contribution in [-0.2, 0) is 16.6 Å². The highest BCUT2D eigenvalue weighted by Crippen LogP contribution is 2.33. The molecule has 0 amide bonds. The largest absolute Gasteiger partial charge is 0.454 e. The number of hydrogen-bond acceptors (Lipinski definition) is 7. The zero-order valence-corrected chi connectivity index (χ0v) is 14.5. The number of fused-ring (bicyclic) bond motifs is 1. The van der Waals surface area contributed by atoms with Crippen LogP contribution in [0.15, 0.2) is 52.9 Å². The third-order valence-electron chi connectivity index (χ3n) is 3.55. The van der Waals surface area contributed by atoms with Crippen LogP contribution < -0.4 is 14.2 Å². The van der Waals surface area contributed by atoms with Gasteiger partial charge in [-0.05, 0) is 24.3 Å². The van der Waals surface area contributed by atoms with Gasteiger partial charge < -0.3 is 9.47 Å². The Morgan fingerprint density at radius 2 is 2.00 bits per heavy atom. The third-order valence-corrected chi connectivity index (χ3v) is 5.79. The van der Waals surface area contributed by atoms with E-state index in [1.165, 1.54) is 23.5 Å². The van der Waals surface area contributed by atoms with E-state index in [0.717, 1.165) is 11.4 Å². The van der Waals surface area contributed by atoms with E-state index in [9.17, 15) is 8.42 Å². The highest BCUT2D eigenvalue weighted by molar-refractivity contribution is 7.89. The summed E-state index contributed by atoms with van der Waals surface area (Å²) in [6, 6.07) is 10.1. The molecule has 3 heterocycles. The van der Waals surface area contributed by atoms with Crippen LogP contribution in [0.4, 0.5) is 0 Å². The van der Waals surface area contributed by atoms with Gasteiger partial charge in [-0.3, -0.25) is 4.98 Å².